The molecule has 0 atom stereocenters. The van der Waals surface area contributed by atoms with Gasteiger partial charge in [0.2, 0.25) is 5.91 Å². The van der Waals surface area contributed by atoms with Gasteiger partial charge in [-0.3, -0.25) is 9.59 Å². The van der Waals surface area contributed by atoms with Crippen LogP contribution < -0.4 is 5.32 Å². The van der Waals surface area contributed by atoms with E-state index in [2.05, 4.69) is 15.5 Å². The number of ether oxygens (including phenoxy) is 1. The fourth-order valence-electron chi connectivity index (χ4n) is 3.28. The third kappa shape index (κ3) is 5.51. The van der Waals surface area contributed by atoms with Gasteiger partial charge in [0, 0.05) is 12.1 Å². The number of nitrogens with zero attached hydrogens (tertiary/aromatic N) is 3. The summed E-state index contributed by atoms with van der Waals surface area (Å²) in [7, 11) is 0. The van der Waals surface area contributed by atoms with Crippen molar-refractivity contribution >= 4 is 45.8 Å². The monoisotopic (exact) mass is 486 g/mol. The van der Waals surface area contributed by atoms with Crippen molar-refractivity contribution in [3.05, 3.63) is 45.8 Å². The fourth-order valence-corrected chi connectivity index (χ4v) is 5.18. The van der Waals surface area contributed by atoms with Gasteiger partial charge in [0.15, 0.2) is 16.8 Å². The van der Waals surface area contributed by atoms with Gasteiger partial charge >= 0.3 is 5.97 Å². The molecular weight excluding hydrogens is 460 g/mol. The molecule has 1 amide bonds. The Labute approximate surface area is 200 Å². The van der Waals surface area contributed by atoms with E-state index in [4.69, 9.17) is 4.74 Å². The van der Waals surface area contributed by atoms with Crippen molar-refractivity contribution < 1.29 is 19.1 Å². The lowest BCUT2D eigenvalue weighted by Gasteiger charge is -2.09. The first-order valence-electron chi connectivity index (χ1n) is 10.5. The van der Waals surface area contributed by atoms with E-state index >= 15 is 0 Å². The van der Waals surface area contributed by atoms with Gasteiger partial charge in [-0.25, -0.2) is 4.79 Å². The summed E-state index contributed by atoms with van der Waals surface area (Å²) < 4.78 is 7.07. The Morgan fingerprint density at radius 2 is 1.82 bits per heavy atom. The van der Waals surface area contributed by atoms with E-state index in [1.807, 2.05) is 42.7 Å². The third-order valence-electron chi connectivity index (χ3n) is 4.87. The smallest absolute Gasteiger partial charge is 0.341 e. The van der Waals surface area contributed by atoms with Gasteiger partial charge in [0.25, 0.3) is 0 Å². The van der Waals surface area contributed by atoms with Gasteiger partial charge in [-0.05, 0) is 40.2 Å². The Bertz CT molecular complexity index is 1180. The van der Waals surface area contributed by atoms with Crippen LogP contribution in [0.3, 0.4) is 0 Å². The molecule has 10 heteroatoms. The number of benzene rings is 1. The molecule has 1 aromatic carbocycles. The minimum absolute atomic E-state index is 0.0701. The summed E-state index contributed by atoms with van der Waals surface area (Å²) >= 11 is 2.34. The molecule has 0 fully saturated rings. The van der Waals surface area contributed by atoms with Gasteiger partial charge < -0.3 is 14.6 Å². The molecule has 0 radical (unpaired) electrons. The zero-order valence-corrected chi connectivity index (χ0v) is 20.9. The van der Waals surface area contributed by atoms with Gasteiger partial charge in [0.05, 0.1) is 22.8 Å². The maximum absolute atomic E-state index is 12.7. The van der Waals surface area contributed by atoms with Crippen LogP contribution in [-0.4, -0.2) is 44.8 Å². The molecule has 0 aliphatic heterocycles. The number of ketones is 1. The van der Waals surface area contributed by atoms with Gasteiger partial charge in [-0.1, -0.05) is 41.6 Å². The molecule has 2 heterocycles. The molecule has 8 nitrogen and oxygen atoms in total. The minimum Gasteiger partial charge on any atom is -0.462 e. The van der Waals surface area contributed by atoms with Crippen LogP contribution in [0.15, 0.2) is 29.4 Å². The van der Waals surface area contributed by atoms with Crippen LogP contribution >= 0.6 is 23.1 Å². The zero-order valence-electron chi connectivity index (χ0n) is 19.2. The third-order valence-corrected chi connectivity index (χ3v) is 7.15. The Morgan fingerprint density at radius 3 is 2.42 bits per heavy atom. The second-order valence-electron chi connectivity index (χ2n) is 7.29. The zero-order chi connectivity index (χ0) is 24.1. The number of thiophene rings is 1. The van der Waals surface area contributed by atoms with Crippen molar-refractivity contribution in [3.8, 4) is 11.4 Å². The quantitative estimate of drug-likeness (QED) is 0.264. The van der Waals surface area contributed by atoms with Crippen molar-refractivity contribution in [2.45, 2.75) is 46.3 Å². The van der Waals surface area contributed by atoms with Gasteiger partial charge in [-0.2, -0.15) is 0 Å². The largest absolute Gasteiger partial charge is 0.462 e. The standard InChI is InChI=1S/C23H26N4O4S2/c1-6-27-20(16-10-8-13(3)9-11-16)25-26-23(27)32-12-17(29)24-21-18(22(30)31-7-2)14(4)19(33-21)15(5)28/h8-11H,6-7,12H2,1-5H3,(H,24,29). The number of carbonyl (C=O) groups excluding carboxylic acids is 3. The maximum atomic E-state index is 12.7. The van der Waals surface area contributed by atoms with Crippen LogP contribution in [0.4, 0.5) is 5.00 Å². The molecule has 0 saturated carbocycles. The fraction of sp³-hybridized carbons (Fsp3) is 0.348. The highest BCUT2D eigenvalue weighted by Crippen LogP contribution is 2.34. The first-order chi connectivity index (χ1) is 15.8. The number of thioether (sulfide) groups is 1. The first kappa shape index (κ1) is 24.7. The number of aromatic nitrogens is 3. The van der Waals surface area contributed by atoms with Crippen LogP contribution in [0.1, 0.15) is 51.9 Å². The summed E-state index contributed by atoms with van der Waals surface area (Å²) in [6.45, 7) is 9.68. The van der Waals surface area contributed by atoms with Crippen molar-refractivity contribution in [3.63, 3.8) is 0 Å². The summed E-state index contributed by atoms with van der Waals surface area (Å²) in [4.78, 5) is 37.5. The number of hydrogen-bond acceptors (Lipinski definition) is 8. The Kier molecular flexibility index (Phi) is 8.04. The van der Waals surface area contributed by atoms with E-state index in [0.29, 0.717) is 27.1 Å². The summed E-state index contributed by atoms with van der Waals surface area (Å²) in [5.41, 5.74) is 2.86. The van der Waals surface area contributed by atoms with Crippen LogP contribution in [-0.2, 0) is 16.1 Å². The molecule has 3 rings (SSSR count). The van der Waals surface area contributed by atoms with Gasteiger partial charge in [0.1, 0.15) is 5.00 Å². The SMILES string of the molecule is CCOC(=O)c1c(NC(=O)CSc2nnc(-c3ccc(C)cc3)n2CC)sc(C(C)=O)c1C. The predicted molar refractivity (Wildman–Crippen MR) is 130 cm³/mol. The molecule has 3 aromatic rings. The van der Waals surface area contributed by atoms with E-state index < -0.39 is 5.97 Å². The Hall–Kier alpha value is -2.98. The highest BCUT2D eigenvalue weighted by atomic mass is 32.2. The van der Waals surface area contributed by atoms with E-state index in [1.165, 1.54) is 18.7 Å². The van der Waals surface area contributed by atoms with Crippen LogP contribution in [0.25, 0.3) is 11.4 Å². The average molecular weight is 487 g/mol. The Balaban J connectivity index is 1.76. The van der Waals surface area contributed by atoms with Crippen LogP contribution in [0.2, 0.25) is 0 Å². The number of esters is 1. The normalized spacial score (nSPS) is 10.8. The van der Waals surface area contributed by atoms with E-state index in [1.54, 1.807) is 13.8 Å². The molecule has 1 N–H and O–H groups in total. The predicted octanol–water partition coefficient (Wildman–Crippen LogP) is 4.75. The van der Waals surface area contributed by atoms with Gasteiger partial charge in [-0.15, -0.1) is 21.5 Å². The number of aryl methyl sites for hydroxylation is 1. The second-order valence-corrected chi connectivity index (χ2v) is 9.25. The van der Waals surface area contributed by atoms with Crippen LogP contribution in [0.5, 0.6) is 0 Å². The van der Waals surface area contributed by atoms with Crippen molar-refractivity contribution in [2.75, 3.05) is 17.7 Å². The number of Topliss-reactive ketones (excluding diaryl/α,β-unsaturated/α-hetero) is 1. The van der Waals surface area contributed by atoms with E-state index in [0.717, 1.165) is 28.3 Å². The van der Waals surface area contributed by atoms with Crippen LogP contribution in [0, 0.1) is 13.8 Å². The molecule has 0 unspecified atom stereocenters. The van der Waals surface area contributed by atoms with E-state index in [-0.39, 0.29) is 29.6 Å². The summed E-state index contributed by atoms with van der Waals surface area (Å²) in [5, 5.41) is 12.3. The lowest BCUT2D eigenvalue weighted by Crippen LogP contribution is -2.17. The van der Waals surface area contributed by atoms with Crippen molar-refractivity contribution in [1.82, 2.24) is 14.8 Å². The highest BCUT2D eigenvalue weighted by molar-refractivity contribution is 7.99. The molecule has 0 aliphatic carbocycles. The summed E-state index contributed by atoms with van der Waals surface area (Å²) in [6, 6.07) is 8.03. The summed E-state index contributed by atoms with van der Waals surface area (Å²) in [5.74, 6) is -0.233. The number of amides is 1. The highest BCUT2D eigenvalue weighted by Gasteiger charge is 2.25. The Morgan fingerprint density at radius 1 is 1.12 bits per heavy atom. The molecule has 0 saturated heterocycles. The number of carbonyl (C=O) groups is 3. The topological polar surface area (TPSA) is 103 Å². The minimum atomic E-state index is -0.560. The van der Waals surface area contributed by atoms with Crippen molar-refractivity contribution in [1.29, 1.82) is 0 Å². The maximum Gasteiger partial charge on any atom is 0.341 e. The molecule has 33 heavy (non-hydrogen) atoms. The average Bonchev–Trinajstić information content (AvgIpc) is 3.33. The lowest BCUT2D eigenvalue weighted by molar-refractivity contribution is -0.113. The molecule has 174 valence electrons. The molecule has 0 aliphatic rings. The lowest BCUT2D eigenvalue weighted by atomic mass is 10.1. The summed E-state index contributed by atoms with van der Waals surface area (Å²) in [6.07, 6.45) is 0. The van der Waals surface area contributed by atoms with E-state index in [9.17, 15) is 14.4 Å². The first-order valence-corrected chi connectivity index (χ1v) is 12.3. The molecular formula is C23H26N4O4S2. The number of rotatable bonds is 9. The molecule has 0 bridgehead atoms. The number of nitrogens with one attached hydrogen (secondary N) is 1. The molecule has 2 aromatic heterocycles. The molecule has 0 spiro atoms. The second kappa shape index (κ2) is 10.8. The van der Waals surface area contributed by atoms with Crippen molar-refractivity contribution in [2.24, 2.45) is 0 Å². The number of hydrogen-bond donors (Lipinski definition) is 1. The number of anilines is 1.